The number of primary amides is 1. The topological polar surface area (TPSA) is 96.2 Å². The molecular formula is C10H20N4O2. The fourth-order valence-corrected chi connectivity index (χ4v) is 1.83. The van der Waals surface area contributed by atoms with E-state index in [0.29, 0.717) is 19.6 Å². The highest BCUT2D eigenvalue weighted by Gasteiger charge is 2.34. The Labute approximate surface area is 95.3 Å². The van der Waals surface area contributed by atoms with Crippen LogP contribution < -0.4 is 21.7 Å². The van der Waals surface area contributed by atoms with Crippen molar-refractivity contribution in [1.82, 2.24) is 16.0 Å². The Morgan fingerprint density at radius 1 is 1.38 bits per heavy atom. The van der Waals surface area contributed by atoms with Crippen LogP contribution in [0.1, 0.15) is 19.8 Å². The van der Waals surface area contributed by atoms with Crippen LogP contribution in [0.3, 0.4) is 0 Å². The van der Waals surface area contributed by atoms with Gasteiger partial charge in [0.25, 0.3) is 0 Å². The molecule has 1 heterocycles. The van der Waals surface area contributed by atoms with E-state index in [0.717, 1.165) is 19.4 Å². The maximum absolute atomic E-state index is 11.9. The largest absolute Gasteiger partial charge is 0.354 e. The molecule has 0 bridgehead atoms. The van der Waals surface area contributed by atoms with E-state index >= 15 is 0 Å². The summed E-state index contributed by atoms with van der Waals surface area (Å²) in [7, 11) is 0. The Bertz CT molecular complexity index is 262. The average molecular weight is 228 g/mol. The number of urea groups is 1. The van der Waals surface area contributed by atoms with Gasteiger partial charge in [-0.1, -0.05) is 0 Å². The first-order valence-electron chi connectivity index (χ1n) is 5.57. The summed E-state index contributed by atoms with van der Waals surface area (Å²) in [6, 6.07) is -0.570. The average Bonchev–Trinajstić information content (AvgIpc) is 2.25. The van der Waals surface area contributed by atoms with Gasteiger partial charge in [0.2, 0.25) is 5.91 Å². The Hall–Kier alpha value is -1.30. The van der Waals surface area contributed by atoms with Crippen LogP contribution in [0, 0.1) is 5.41 Å². The lowest BCUT2D eigenvalue weighted by Gasteiger charge is -2.32. The minimum absolute atomic E-state index is 0.0333. The normalized spacial score (nSPS) is 24.8. The number of hydrogen-bond acceptors (Lipinski definition) is 3. The van der Waals surface area contributed by atoms with Crippen LogP contribution >= 0.6 is 0 Å². The zero-order valence-electron chi connectivity index (χ0n) is 9.64. The number of nitrogens with one attached hydrogen (secondary N) is 3. The van der Waals surface area contributed by atoms with E-state index in [9.17, 15) is 9.59 Å². The maximum Gasteiger partial charge on any atom is 0.312 e. The minimum atomic E-state index is -0.570. The lowest BCUT2D eigenvalue weighted by atomic mass is 9.82. The zero-order valence-corrected chi connectivity index (χ0v) is 9.64. The Morgan fingerprint density at radius 3 is 2.62 bits per heavy atom. The predicted molar refractivity (Wildman–Crippen MR) is 60.8 cm³/mol. The van der Waals surface area contributed by atoms with Crippen molar-refractivity contribution in [3.63, 3.8) is 0 Å². The van der Waals surface area contributed by atoms with Crippen LogP contribution in [0.4, 0.5) is 4.79 Å². The third kappa shape index (κ3) is 3.69. The van der Waals surface area contributed by atoms with Crippen molar-refractivity contribution in [1.29, 1.82) is 0 Å². The van der Waals surface area contributed by atoms with E-state index < -0.39 is 6.03 Å². The molecule has 6 nitrogen and oxygen atoms in total. The molecule has 3 amide bonds. The Kier molecular flexibility index (Phi) is 4.54. The van der Waals surface area contributed by atoms with Crippen molar-refractivity contribution in [3.05, 3.63) is 0 Å². The third-order valence-corrected chi connectivity index (χ3v) is 2.86. The fourth-order valence-electron chi connectivity index (χ4n) is 1.83. The number of rotatable bonds is 4. The van der Waals surface area contributed by atoms with Crippen LogP contribution in [0.15, 0.2) is 0 Å². The van der Waals surface area contributed by atoms with Crippen molar-refractivity contribution in [2.24, 2.45) is 11.1 Å². The molecule has 1 aliphatic heterocycles. The zero-order chi connectivity index (χ0) is 12.0. The quantitative estimate of drug-likeness (QED) is 0.472. The molecule has 1 atom stereocenters. The molecule has 92 valence electrons. The number of carbonyl (C=O) groups is 2. The molecule has 1 aliphatic rings. The van der Waals surface area contributed by atoms with Crippen LogP contribution in [-0.2, 0) is 4.79 Å². The van der Waals surface area contributed by atoms with Gasteiger partial charge in [-0.3, -0.25) is 4.79 Å². The summed E-state index contributed by atoms with van der Waals surface area (Å²) in [5.41, 5.74) is 4.58. The Balaban J connectivity index is 2.25. The monoisotopic (exact) mass is 228 g/mol. The van der Waals surface area contributed by atoms with Crippen LogP contribution in [-0.4, -0.2) is 38.1 Å². The van der Waals surface area contributed by atoms with Gasteiger partial charge in [-0.05, 0) is 26.3 Å². The smallest absolute Gasteiger partial charge is 0.312 e. The van der Waals surface area contributed by atoms with Gasteiger partial charge in [-0.2, -0.15) is 0 Å². The van der Waals surface area contributed by atoms with E-state index in [1.54, 1.807) is 0 Å². The summed E-state index contributed by atoms with van der Waals surface area (Å²) in [5, 5.41) is 8.44. The van der Waals surface area contributed by atoms with Crippen molar-refractivity contribution >= 4 is 11.9 Å². The van der Waals surface area contributed by atoms with Crippen LogP contribution in [0.5, 0.6) is 0 Å². The van der Waals surface area contributed by atoms with Gasteiger partial charge in [-0.25, -0.2) is 4.79 Å². The first-order valence-corrected chi connectivity index (χ1v) is 5.57. The molecule has 1 fully saturated rings. The van der Waals surface area contributed by atoms with E-state index in [1.165, 1.54) is 0 Å². The fraction of sp³-hybridized carbons (Fsp3) is 0.800. The number of piperidine rings is 1. The molecular weight excluding hydrogens is 208 g/mol. The van der Waals surface area contributed by atoms with E-state index in [-0.39, 0.29) is 11.3 Å². The molecule has 6 heteroatoms. The van der Waals surface area contributed by atoms with Crippen molar-refractivity contribution in [2.45, 2.75) is 19.8 Å². The van der Waals surface area contributed by atoms with Gasteiger partial charge in [-0.15, -0.1) is 0 Å². The van der Waals surface area contributed by atoms with E-state index in [1.807, 2.05) is 6.92 Å². The van der Waals surface area contributed by atoms with Crippen molar-refractivity contribution in [3.8, 4) is 0 Å². The highest BCUT2D eigenvalue weighted by atomic mass is 16.2. The standard InChI is InChI=1S/C10H20N4O2/c1-10(3-2-4-12-7-10)8(15)13-5-6-14-9(11)16/h12H,2-7H2,1H3,(H,13,15)(H3,11,14,16). The molecule has 0 spiro atoms. The van der Waals surface area contributed by atoms with Crippen molar-refractivity contribution in [2.75, 3.05) is 26.2 Å². The van der Waals surface area contributed by atoms with Gasteiger partial charge in [0, 0.05) is 19.6 Å². The third-order valence-electron chi connectivity index (χ3n) is 2.86. The summed E-state index contributed by atoms with van der Waals surface area (Å²) in [6.07, 6.45) is 1.92. The molecule has 0 aromatic heterocycles. The van der Waals surface area contributed by atoms with Crippen LogP contribution in [0.25, 0.3) is 0 Å². The second kappa shape index (κ2) is 5.69. The summed E-state index contributed by atoms with van der Waals surface area (Å²) in [5.74, 6) is 0.0333. The van der Waals surface area contributed by atoms with Crippen molar-refractivity contribution < 1.29 is 9.59 Å². The van der Waals surface area contributed by atoms with Gasteiger partial charge in [0.15, 0.2) is 0 Å². The highest BCUT2D eigenvalue weighted by molar-refractivity contribution is 5.82. The molecule has 1 rings (SSSR count). The number of hydrogen-bond donors (Lipinski definition) is 4. The molecule has 0 radical (unpaired) electrons. The summed E-state index contributed by atoms with van der Waals surface area (Å²) < 4.78 is 0. The maximum atomic E-state index is 11.9. The second-order valence-electron chi connectivity index (χ2n) is 4.39. The van der Waals surface area contributed by atoms with Gasteiger partial charge in [0.1, 0.15) is 0 Å². The number of carbonyl (C=O) groups excluding carboxylic acids is 2. The van der Waals surface area contributed by atoms with Gasteiger partial charge >= 0.3 is 6.03 Å². The SMILES string of the molecule is CC1(C(=O)NCCNC(N)=O)CCCNC1. The minimum Gasteiger partial charge on any atom is -0.354 e. The highest BCUT2D eigenvalue weighted by Crippen LogP contribution is 2.25. The van der Waals surface area contributed by atoms with Gasteiger partial charge in [0.05, 0.1) is 5.41 Å². The molecule has 0 aromatic rings. The summed E-state index contributed by atoms with van der Waals surface area (Å²) >= 11 is 0. The molecule has 0 saturated carbocycles. The van der Waals surface area contributed by atoms with E-state index in [2.05, 4.69) is 16.0 Å². The van der Waals surface area contributed by atoms with Crippen LogP contribution in [0.2, 0.25) is 0 Å². The molecule has 5 N–H and O–H groups in total. The predicted octanol–water partition coefficient (Wildman–Crippen LogP) is -0.839. The number of nitrogens with two attached hydrogens (primary N) is 1. The Morgan fingerprint density at radius 2 is 2.06 bits per heavy atom. The molecule has 0 aromatic carbocycles. The first kappa shape index (κ1) is 12.8. The molecule has 0 aliphatic carbocycles. The molecule has 16 heavy (non-hydrogen) atoms. The lowest BCUT2D eigenvalue weighted by molar-refractivity contribution is -0.131. The molecule has 1 unspecified atom stereocenters. The second-order valence-corrected chi connectivity index (χ2v) is 4.39. The van der Waals surface area contributed by atoms with E-state index in [4.69, 9.17) is 5.73 Å². The number of amides is 3. The summed E-state index contributed by atoms with van der Waals surface area (Å²) in [4.78, 5) is 22.3. The lowest BCUT2D eigenvalue weighted by Crippen LogP contribution is -2.50. The summed E-state index contributed by atoms with van der Waals surface area (Å²) in [6.45, 7) is 4.42. The van der Waals surface area contributed by atoms with Gasteiger partial charge < -0.3 is 21.7 Å². The molecule has 1 saturated heterocycles. The first-order chi connectivity index (χ1) is 7.54.